The van der Waals surface area contributed by atoms with Gasteiger partial charge in [-0.25, -0.2) is 9.78 Å². The Morgan fingerprint density at radius 2 is 1.81 bits per heavy atom. The largest absolute Gasteiger partial charge is 0.396 e. The summed E-state index contributed by atoms with van der Waals surface area (Å²) in [7, 11) is 0. The second kappa shape index (κ2) is 8.19. The minimum absolute atomic E-state index is 0.0659. The lowest BCUT2D eigenvalue weighted by Crippen LogP contribution is -2.80. The van der Waals surface area contributed by atoms with Crippen LogP contribution >= 0.6 is 0 Å². The van der Waals surface area contributed by atoms with Crippen molar-refractivity contribution in [2.24, 2.45) is 35.3 Å². The van der Waals surface area contributed by atoms with Crippen LogP contribution in [0.25, 0.3) is 0 Å². The Labute approximate surface area is 186 Å². The quantitative estimate of drug-likeness (QED) is 0.638. The summed E-state index contributed by atoms with van der Waals surface area (Å²) in [5.74, 6) is -0.181. The molecule has 0 aromatic heterocycles. The van der Waals surface area contributed by atoms with Gasteiger partial charge in [0.1, 0.15) is 0 Å². The lowest BCUT2D eigenvalue weighted by molar-refractivity contribution is -0.601. The molecule has 31 heavy (non-hydrogen) atoms. The molecular weight excluding hydrogens is 396 g/mol. The first-order valence-corrected chi connectivity index (χ1v) is 12.7. The number of nitrogens with two attached hydrogens (primary N) is 1. The van der Waals surface area contributed by atoms with Crippen LogP contribution in [0.1, 0.15) is 72.1 Å². The van der Waals surface area contributed by atoms with E-state index in [9.17, 15) is 5.11 Å². The molecular formula is C24H42N2O5. The minimum Gasteiger partial charge on any atom is -0.396 e. The Balaban J connectivity index is 1.30. The second-order valence-corrected chi connectivity index (χ2v) is 11.3. The Kier molecular flexibility index (Phi) is 5.94. The molecule has 178 valence electrons. The van der Waals surface area contributed by atoms with Crippen LogP contribution in [0.4, 0.5) is 0 Å². The number of likely N-dealkylation sites (tertiary alicyclic amines) is 1. The monoisotopic (exact) mass is 438 g/mol. The third kappa shape index (κ3) is 3.59. The molecule has 0 radical (unpaired) electrons. The van der Waals surface area contributed by atoms with E-state index in [-0.39, 0.29) is 17.9 Å². The number of aliphatic hydroxyl groups excluding tert-OH is 1. The van der Waals surface area contributed by atoms with E-state index in [0.29, 0.717) is 24.4 Å². The predicted molar refractivity (Wildman–Crippen MR) is 115 cm³/mol. The molecule has 1 aliphatic carbocycles. The summed E-state index contributed by atoms with van der Waals surface area (Å²) in [6.45, 7) is 10.1. The molecule has 7 nitrogen and oxygen atoms in total. The number of rotatable bonds is 5. The lowest BCUT2D eigenvalue weighted by Gasteiger charge is -2.64. The van der Waals surface area contributed by atoms with Gasteiger partial charge in [-0.1, -0.05) is 13.8 Å². The number of hydrogen-bond acceptors (Lipinski definition) is 7. The zero-order valence-corrected chi connectivity index (χ0v) is 19.6. The van der Waals surface area contributed by atoms with Gasteiger partial charge in [0, 0.05) is 24.9 Å². The Morgan fingerprint density at radius 3 is 2.55 bits per heavy atom. The predicted octanol–water partition coefficient (Wildman–Crippen LogP) is 3.01. The first-order chi connectivity index (χ1) is 14.8. The van der Waals surface area contributed by atoms with Crippen molar-refractivity contribution in [2.75, 3.05) is 26.2 Å². The topological polar surface area (TPSA) is 86.4 Å². The maximum Gasteiger partial charge on any atom is 0.262 e. The van der Waals surface area contributed by atoms with Gasteiger partial charge in [0.25, 0.3) is 5.91 Å². The fraction of sp³-hybridized carbons (Fsp3) is 1.00. The van der Waals surface area contributed by atoms with E-state index < -0.39 is 17.3 Å². The molecule has 6 aliphatic rings. The first-order valence-electron chi connectivity index (χ1n) is 12.7. The number of nitrogens with zero attached hydrogens (tertiary/aromatic N) is 1. The number of fused-ring (bicyclic) bond motifs is 2. The summed E-state index contributed by atoms with van der Waals surface area (Å²) < 4.78 is 13.1. The van der Waals surface area contributed by atoms with Gasteiger partial charge in [0.15, 0.2) is 5.60 Å². The smallest absolute Gasteiger partial charge is 0.262 e. The highest BCUT2D eigenvalue weighted by atomic mass is 17.3. The maximum atomic E-state index is 9.36. The standard InChI is InChI=1S/C24H42N2O5/c1-16-6-7-20-17(2)21(5-4-12-26-13-9-18(15-27)10-14-26)28-24(25)23(20)19(16)8-11-22(3,29-24)30-31-23/h16-21,27H,4-15,25H2,1-3H3. The van der Waals surface area contributed by atoms with Crippen molar-refractivity contribution in [3.05, 3.63) is 0 Å². The van der Waals surface area contributed by atoms with Gasteiger partial charge in [-0.2, -0.15) is 0 Å². The summed E-state index contributed by atoms with van der Waals surface area (Å²) in [5.41, 5.74) is 6.27. The molecule has 8 atom stereocenters. The van der Waals surface area contributed by atoms with E-state index >= 15 is 0 Å². The molecule has 0 aromatic rings. The fourth-order valence-electron chi connectivity index (χ4n) is 7.43. The zero-order chi connectivity index (χ0) is 21.9. The molecule has 6 rings (SSSR count). The van der Waals surface area contributed by atoms with Crippen LogP contribution in [0, 0.1) is 29.6 Å². The summed E-state index contributed by atoms with van der Waals surface area (Å²) in [6.07, 6.45) is 8.39. The van der Waals surface area contributed by atoms with Crippen molar-refractivity contribution < 1.29 is 24.4 Å². The van der Waals surface area contributed by atoms with Crippen LogP contribution in [0.15, 0.2) is 0 Å². The van der Waals surface area contributed by atoms with Crippen molar-refractivity contribution in [3.8, 4) is 0 Å². The third-order valence-electron chi connectivity index (χ3n) is 9.37. The van der Waals surface area contributed by atoms with Crippen molar-refractivity contribution in [1.82, 2.24) is 4.90 Å². The summed E-state index contributed by atoms with van der Waals surface area (Å²) in [4.78, 5) is 14.7. The molecule has 5 aliphatic heterocycles. The van der Waals surface area contributed by atoms with E-state index in [2.05, 4.69) is 18.7 Å². The van der Waals surface area contributed by atoms with E-state index in [0.717, 1.165) is 64.6 Å². The van der Waals surface area contributed by atoms with E-state index in [1.807, 2.05) is 6.92 Å². The van der Waals surface area contributed by atoms with Gasteiger partial charge in [0.05, 0.1) is 6.10 Å². The highest BCUT2D eigenvalue weighted by Crippen LogP contribution is 2.63. The summed E-state index contributed by atoms with van der Waals surface area (Å²) in [5, 5.41) is 9.36. The van der Waals surface area contributed by atoms with Gasteiger partial charge in [-0.15, -0.1) is 0 Å². The van der Waals surface area contributed by atoms with Crippen LogP contribution in [0.2, 0.25) is 0 Å². The minimum atomic E-state index is -1.25. The molecule has 1 spiro atoms. The maximum absolute atomic E-state index is 9.36. The average Bonchev–Trinajstić information content (AvgIpc) is 2.96. The SMILES string of the molecule is CC1CCC2C(C)C(CCCN3CCC(CO)CC3)OC3(N)OC4(C)CCC1C23OO4. The number of hydrogen-bond donors (Lipinski definition) is 2. The van der Waals surface area contributed by atoms with Crippen molar-refractivity contribution in [2.45, 2.75) is 95.5 Å². The Morgan fingerprint density at radius 1 is 1.03 bits per heavy atom. The van der Waals surface area contributed by atoms with Crippen LogP contribution in [0.5, 0.6) is 0 Å². The average molecular weight is 439 g/mol. The van der Waals surface area contributed by atoms with Gasteiger partial charge < -0.3 is 14.7 Å². The Hall–Kier alpha value is -0.280. The molecule has 7 heteroatoms. The molecule has 2 bridgehead atoms. The van der Waals surface area contributed by atoms with Gasteiger partial charge in [-0.3, -0.25) is 10.5 Å². The molecule has 3 N–H and O–H groups in total. The fourth-order valence-corrected chi connectivity index (χ4v) is 7.43. The number of ether oxygens (including phenoxy) is 2. The molecule has 8 unspecified atom stereocenters. The zero-order valence-electron chi connectivity index (χ0n) is 19.6. The molecule has 0 amide bonds. The highest BCUT2D eigenvalue weighted by molar-refractivity contribution is 5.14. The third-order valence-corrected chi connectivity index (χ3v) is 9.37. The first kappa shape index (κ1) is 22.5. The van der Waals surface area contributed by atoms with Crippen LogP contribution in [0.3, 0.4) is 0 Å². The van der Waals surface area contributed by atoms with E-state index in [1.165, 1.54) is 6.42 Å². The van der Waals surface area contributed by atoms with Crippen molar-refractivity contribution >= 4 is 0 Å². The van der Waals surface area contributed by atoms with Gasteiger partial charge >= 0.3 is 0 Å². The van der Waals surface area contributed by atoms with Crippen LogP contribution in [-0.2, 0) is 19.2 Å². The Bertz CT molecular complexity index is 658. The van der Waals surface area contributed by atoms with Crippen molar-refractivity contribution in [3.63, 3.8) is 0 Å². The van der Waals surface area contributed by atoms with Gasteiger partial charge in [-0.05, 0) is 89.3 Å². The molecule has 6 fully saturated rings. The van der Waals surface area contributed by atoms with Crippen LogP contribution in [-0.4, -0.2) is 59.7 Å². The normalized spacial score (nSPS) is 50.8. The second-order valence-electron chi connectivity index (χ2n) is 11.3. The molecule has 1 saturated carbocycles. The molecule has 5 saturated heterocycles. The van der Waals surface area contributed by atoms with E-state index in [4.69, 9.17) is 25.0 Å². The molecule has 5 heterocycles. The summed E-state index contributed by atoms with van der Waals surface area (Å²) >= 11 is 0. The van der Waals surface area contributed by atoms with Crippen molar-refractivity contribution in [1.29, 1.82) is 0 Å². The molecule has 0 aromatic carbocycles. The van der Waals surface area contributed by atoms with Crippen LogP contribution < -0.4 is 5.73 Å². The summed E-state index contributed by atoms with van der Waals surface area (Å²) in [6, 6.07) is 0. The number of aliphatic hydroxyl groups is 1. The van der Waals surface area contributed by atoms with E-state index in [1.54, 1.807) is 0 Å². The highest BCUT2D eigenvalue weighted by Gasteiger charge is 2.75. The number of piperidine rings is 1. The lowest BCUT2D eigenvalue weighted by atomic mass is 9.56. The van der Waals surface area contributed by atoms with Gasteiger partial charge in [0.2, 0.25) is 5.79 Å².